The van der Waals surface area contributed by atoms with Crippen LogP contribution in [0.3, 0.4) is 0 Å². The smallest absolute Gasteiger partial charge is 0.221 e. The van der Waals surface area contributed by atoms with E-state index in [1.54, 1.807) is 6.92 Å². The molecule has 0 saturated carbocycles. The second-order valence-electron chi connectivity index (χ2n) is 5.80. The number of hydrogen-bond acceptors (Lipinski definition) is 3. The van der Waals surface area contributed by atoms with Gasteiger partial charge in [0.15, 0.2) is 0 Å². The molecule has 0 aromatic carbocycles. The molecule has 4 nitrogen and oxygen atoms in total. The Labute approximate surface area is 98.6 Å². The summed E-state index contributed by atoms with van der Waals surface area (Å²) in [6, 6.07) is -0.168. The largest absolute Gasteiger partial charge is 0.388 e. The van der Waals surface area contributed by atoms with Crippen molar-refractivity contribution in [1.82, 2.24) is 5.32 Å². The molecule has 0 aliphatic carbocycles. The summed E-state index contributed by atoms with van der Waals surface area (Å²) in [7, 11) is 0. The third kappa shape index (κ3) is 6.08. The molecule has 2 unspecified atom stereocenters. The van der Waals surface area contributed by atoms with Gasteiger partial charge in [-0.1, -0.05) is 27.7 Å². The minimum atomic E-state index is -0.832. The van der Waals surface area contributed by atoms with Gasteiger partial charge in [0.2, 0.25) is 5.91 Å². The van der Waals surface area contributed by atoms with Gasteiger partial charge in [0.1, 0.15) is 0 Å². The minimum Gasteiger partial charge on any atom is -0.388 e. The molecule has 0 saturated heterocycles. The number of rotatable bonds is 5. The van der Waals surface area contributed by atoms with Crippen LogP contribution in [0.4, 0.5) is 0 Å². The van der Waals surface area contributed by atoms with Crippen LogP contribution in [0.2, 0.25) is 0 Å². The van der Waals surface area contributed by atoms with E-state index in [0.717, 1.165) is 0 Å². The number of hydrogen-bond donors (Lipinski definition) is 3. The van der Waals surface area contributed by atoms with Crippen molar-refractivity contribution in [3.8, 4) is 0 Å². The van der Waals surface area contributed by atoms with E-state index < -0.39 is 5.60 Å². The van der Waals surface area contributed by atoms with Gasteiger partial charge in [-0.3, -0.25) is 4.79 Å². The summed E-state index contributed by atoms with van der Waals surface area (Å²) in [5.74, 6) is -0.101. The SMILES string of the molecule is CCC(C)(O)CNC(=O)CC(N)C(C)(C)C. The minimum absolute atomic E-state index is 0.0788. The summed E-state index contributed by atoms with van der Waals surface area (Å²) in [6.45, 7) is 9.89. The van der Waals surface area contributed by atoms with Crippen LogP contribution in [-0.4, -0.2) is 29.2 Å². The predicted molar refractivity (Wildman–Crippen MR) is 66.0 cm³/mol. The Bertz CT molecular complexity index is 232. The standard InChI is InChI=1S/C12H26N2O2/c1-6-12(5,16)8-14-10(15)7-9(13)11(2,3)4/h9,16H,6-8,13H2,1-5H3,(H,14,15). The van der Waals surface area contributed by atoms with Crippen molar-refractivity contribution in [3.05, 3.63) is 0 Å². The Balaban J connectivity index is 4.02. The Morgan fingerprint density at radius 2 is 1.88 bits per heavy atom. The van der Waals surface area contributed by atoms with E-state index in [0.29, 0.717) is 12.8 Å². The first-order chi connectivity index (χ1) is 7.08. The summed E-state index contributed by atoms with van der Waals surface area (Å²) in [6.07, 6.45) is 0.905. The summed E-state index contributed by atoms with van der Waals surface area (Å²) in [5.41, 5.74) is 4.99. The molecule has 0 aliphatic heterocycles. The summed E-state index contributed by atoms with van der Waals surface area (Å²) in [5, 5.41) is 12.4. The molecule has 0 aromatic heterocycles. The molecule has 0 radical (unpaired) electrons. The van der Waals surface area contributed by atoms with Crippen molar-refractivity contribution in [2.75, 3.05) is 6.54 Å². The number of nitrogens with one attached hydrogen (secondary N) is 1. The first kappa shape index (κ1) is 15.4. The zero-order valence-electron chi connectivity index (χ0n) is 11.1. The van der Waals surface area contributed by atoms with Crippen LogP contribution in [0.15, 0.2) is 0 Å². The second kappa shape index (κ2) is 5.64. The van der Waals surface area contributed by atoms with Gasteiger partial charge >= 0.3 is 0 Å². The van der Waals surface area contributed by atoms with E-state index in [9.17, 15) is 9.90 Å². The molecule has 0 fully saturated rings. The molecule has 0 rings (SSSR count). The Morgan fingerprint density at radius 3 is 2.25 bits per heavy atom. The van der Waals surface area contributed by atoms with Gasteiger partial charge < -0.3 is 16.2 Å². The van der Waals surface area contributed by atoms with E-state index in [1.165, 1.54) is 0 Å². The molecule has 0 aromatic rings. The zero-order valence-corrected chi connectivity index (χ0v) is 11.1. The molecule has 1 amide bonds. The topological polar surface area (TPSA) is 75.3 Å². The van der Waals surface area contributed by atoms with Crippen LogP contribution in [-0.2, 0) is 4.79 Å². The van der Waals surface area contributed by atoms with E-state index in [4.69, 9.17) is 5.73 Å². The highest BCUT2D eigenvalue weighted by Gasteiger charge is 2.24. The molecule has 0 aliphatic rings. The second-order valence-corrected chi connectivity index (χ2v) is 5.80. The van der Waals surface area contributed by atoms with E-state index in [1.807, 2.05) is 27.7 Å². The fraction of sp³-hybridized carbons (Fsp3) is 0.917. The average Bonchev–Trinajstić information content (AvgIpc) is 2.13. The van der Waals surface area contributed by atoms with Crippen LogP contribution in [0.25, 0.3) is 0 Å². The van der Waals surface area contributed by atoms with Crippen LogP contribution >= 0.6 is 0 Å². The Kier molecular flexibility index (Phi) is 5.42. The summed E-state index contributed by atoms with van der Waals surface area (Å²) < 4.78 is 0. The lowest BCUT2D eigenvalue weighted by molar-refractivity contribution is -0.123. The maximum absolute atomic E-state index is 11.6. The molecule has 16 heavy (non-hydrogen) atoms. The van der Waals surface area contributed by atoms with E-state index >= 15 is 0 Å². The van der Waals surface area contributed by atoms with Crippen molar-refractivity contribution in [1.29, 1.82) is 0 Å². The predicted octanol–water partition coefficient (Wildman–Crippen LogP) is 1.03. The zero-order chi connectivity index (χ0) is 13.0. The highest BCUT2D eigenvalue weighted by Crippen LogP contribution is 2.19. The molecule has 4 N–H and O–H groups in total. The molecule has 0 spiro atoms. The van der Waals surface area contributed by atoms with Crippen LogP contribution in [0.1, 0.15) is 47.5 Å². The van der Waals surface area contributed by atoms with Crippen molar-refractivity contribution in [2.24, 2.45) is 11.1 Å². The number of aliphatic hydroxyl groups is 1. The molecular formula is C12H26N2O2. The van der Waals surface area contributed by atoms with Gasteiger partial charge in [0, 0.05) is 19.0 Å². The summed E-state index contributed by atoms with van der Waals surface area (Å²) in [4.78, 5) is 11.6. The van der Waals surface area contributed by atoms with Gasteiger partial charge in [-0.05, 0) is 18.8 Å². The molecule has 0 bridgehead atoms. The lowest BCUT2D eigenvalue weighted by Crippen LogP contribution is -2.44. The molecular weight excluding hydrogens is 204 g/mol. The van der Waals surface area contributed by atoms with Crippen LogP contribution in [0, 0.1) is 5.41 Å². The van der Waals surface area contributed by atoms with Crippen LogP contribution in [0.5, 0.6) is 0 Å². The Hall–Kier alpha value is -0.610. The number of carbonyl (C=O) groups is 1. The van der Waals surface area contributed by atoms with Gasteiger partial charge in [0.25, 0.3) is 0 Å². The normalized spacial score (nSPS) is 17.7. The van der Waals surface area contributed by atoms with E-state index in [2.05, 4.69) is 5.32 Å². The lowest BCUT2D eigenvalue weighted by atomic mass is 9.85. The molecule has 0 heterocycles. The molecule has 96 valence electrons. The number of carbonyl (C=O) groups excluding carboxylic acids is 1. The third-order valence-corrected chi connectivity index (χ3v) is 2.95. The Morgan fingerprint density at radius 1 is 1.38 bits per heavy atom. The average molecular weight is 230 g/mol. The highest BCUT2D eigenvalue weighted by molar-refractivity contribution is 5.76. The maximum Gasteiger partial charge on any atom is 0.221 e. The van der Waals surface area contributed by atoms with Crippen molar-refractivity contribution < 1.29 is 9.90 Å². The fourth-order valence-corrected chi connectivity index (χ4v) is 0.992. The van der Waals surface area contributed by atoms with Crippen molar-refractivity contribution in [2.45, 2.75) is 59.1 Å². The highest BCUT2D eigenvalue weighted by atomic mass is 16.3. The quantitative estimate of drug-likeness (QED) is 0.660. The van der Waals surface area contributed by atoms with Crippen LogP contribution < -0.4 is 11.1 Å². The first-order valence-electron chi connectivity index (χ1n) is 5.83. The molecule has 4 heteroatoms. The monoisotopic (exact) mass is 230 g/mol. The first-order valence-corrected chi connectivity index (χ1v) is 5.83. The van der Waals surface area contributed by atoms with Gasteiger partial charge in [-0.15, -0.1) is 0 Å². The summed E-state index contributed by atoms with van der Waals surface area (Å²) >= 11 is 0. The van der Waals surface area contributed by atoms with Gasteiger partial charge in [0.05, 0.1) is 5.60 Å². The van der Waals surface area contributed by atoms with E-state index in [-0.39, 0.29) is 23.9 Å². The fourth-order valence-electron chi connectivity index (χ4n) is 0.992. The number of nitrogens with two attached hydrogens (primary N) is 1. The van der Waals surface area contributed by atoms with Crippen molar-refractivity contribution in [3.63, 3.8) is 0 Å². The molecule has 2 atom stereocenters. The lowest BCUT2D eigenvalue weighted by Gasteiger charge is -2.27. The van der Waals surface area contributed by atoms with Crippen molar-refractivity contribution >= 4 is 5.91 Å². The van der Waals surface area contributed by atoms with Gasteiger partial charge in [-0.2, -0.15) is 0 Å². The third-order valence-electron chi connectivity index (χ3n) is 2.95. The maximum atomic E-state index is 11.6. The number of amides is 1. The van der Waals surface area contributed by atoms with Gasteiger partial charge in [-0.25, -0.2) is 0 Å².